The van der Waals surface area contributed by atoms with Crippen LogP contribution in [0.5, 0.6) is 0 Å². The van der Waals surface area contributed by atoms with Gasteiger partial charge in [0.2, 0.25) is 0 Å². The Hall–Kier alpha value is -9.13. The maximum Gasteiger partial charge on any atom is 0.140 e. The fourth-order valence-electron chi connectivity index (χ4n) is 9.77. The maximum absolute atomic E-state index is 4.29. The van der Waals surface area contributed by atoms with Crippen molar-refractivity contribution in [3.63, 3.8) is 0 Å². The maximum atomic E-state index is 4.29. The highest BCUT2D eigenvalue weighted by Crippen LogP contribution is 2.30. The molecule has 6 aliphatic heterocycles. The highest BCUT2D eigenvalue weighted by Gasteiger charge is 2.26. The topological polar surface area (TPSA) is 129 Å². The molecule has 6 aliphatic rings. The van der Waals surface area contributed by atoms with Gasteiger partial charge in [-0.25, -0.2) is 19.9 Å². The number of hydrogen-bond acceptors (Lipinski definition) is 19. The first-order valence-electron chi connectivity index (χ1n) is 40.6. The van der Waals surface area contributed by atoms with Gasteiger partial charge in [0, 0.05) is 165 Å². The summed E-state index contributed by atoms with van der Waals surface area (Å²) in [6.45, 7) is 73.4. The van der Waals surface area contributed by atoms with Crippen molar-refractivity contribution in [2.24, 2.45) is 0 Å². The molecular weight excluding hydrogens is 1340 g/mol. The number of aryl methyl sites for hydroxylation is 6. The molecule has 12 rings (SSSR count). The van der Waals surface area contributed by atoms with E-state index in [1.54, 1.807) is 12.7 Å². The monoisotopic (exact) mass is 1500 g/mol. The van der Waals surface area contributed by atoms with Gasteiger partial charge in [-0.05, 0) is 130 Å². The van der Waals surface area contributed by atoms with Crippen LogP contribution in [0.4, 0.5) is 34.3 Å². The summed E-state index contributed by atoms with van der Waals surface area (Å²) in [5, 5.41) is 0. The number of para-hydroxylation sites is 1. The Morgan fingerprint density at radius 3 is 0.870 bits per heavy atom. The molecule has 6 atom stereocenters. The van der Waals surface area contributed by atoms with Gasteiger partial charge in [-0.15, -0.1) is 0 Å². The van der Waals surface area contributed by atoms with Crippen LogP contribution < -0.4 is 29.4 Å². The molecule has 0 saturated heterocycles. The number of nitrogens with zero attached hydrogens (tertiary/aromatic N) is 19. The molecule has 0 N–H and O–H groups in total. The van der Waals surface area contributed by atoms with Gasteiger partial charge in [-0.1, -0.05) is 184 Å². The lowest BCUT2D eigenvalue weighted by Crippen LogP contribution is -2.34. The predicted octanol–water partition coefficient (Wildman–Crippen LogP) is 23.5. The summed E-state index contributed by atoms with van der Waals surface area (Å²) >= 11 is 0. The molecule has 0 saturated carbocycles. The molecule has 0 radical (unpaired) electrons. The molecule has 19 nitrogen and oxygen atoms in total. The van der Waals surface area contributed by atoms with Gasteiger partial charge in [-0.3, -0.25) is 15.0 Å². The van der Waals surface area contributed by atoms with E-state index in [1.807, 2.05) is 255 Å². The lowest BCUT2D eigenvalue weighted by Gasteiger charge is -2.28. The molecule has 6 aromatic rings. The first-order valence-corrected chi connectivity index (χ1v) is 40.6. The van der Waals surface area contributed by atoms with Gasteiger partial charge in [0.15, 0.2) is 0 Å². The normalized spacial score (nSPS) is 16.7. The van der Waals surface area contributed by atoms with Crippen molar-refractivity contribution in [3.05, 3.63) is 213 Å². The molecule has 11 heterocycles. The van der Waals surface area contributed by atoms with E-state index in [1.165, 1.54) is 39.4 Å². The highest BCUT2D eigenvalue weighted by molar-refractivity contribution is 5.59. The third kappa shape index (κ3) is 35.3. The van der Waals surface area contributed by atoms with Crippen LogP contribution in [0, 0.1) is 41.5 Å². The number of anilines is 6. The van der Waals surface area contributed by atoms with E-state index in [0.717, 1.165) is 28.5 Å². The van der Waals surface area contributed by atoms with Gasteiger partial charge in [0.1, 0.15) is 55.5 Å². The van der Waals surface area contributed by atoms with E-state index in [-0.39, 0.29) is 0 Å². The second-order valence-corrected chi connectivity index (χ2v) is 21.8. The van der Waals surface area contributed by atoms with Crippen molar-refractivity contribution >= 4 is 34.3 Å². The summed E-state index contributed by atoms with van der Waals surface area (Å²) < 4.78 is 0. The van der Waals surface area contributed by atoms with Crippen LogP contribution in [-0.2, 0) is 0 Å². The smallest absolute Gasteiger partial charge is 0.140 e. The zero-order valence-corrected chi connectivity index (χ0v) is 76.7. The van der Waals surface area contributed by atoms with E-state index in [0.29, 0.717) is 37.0 Å². The van der Waals surface area contributed by atoms with Crippen LogP contribution in [0.25, 0.3) is 0 Å². The van der Waals surface area contributed by atoms with Gasteiger partial charge < -0.3 is 58.8 Å². The standard InChI is InChI=1S/C12H16N2.3C11H15N3.2C10H14N4.12C2H6/c1-10-6-4-5-7-12(10)14-9-8-13(3)11(14)2;1-9-8-12-5-4-11(9)14-7-6-13(3)10(14)2;1-9-4-5-12-8-11(9)14-7-6-13(3)10(14)2;1-9-11(5-4-6-12-9)14-8-7-13(3)10(14)2;1-8-10(6-11-7-12-8)14-5-4-13(3)9(14)2;1-8-6-11-7-12-10(8)14-5-4-13(3)9(14)2;12*1-2/h4-9,11H,1-3H3;3*4-8,10H,1-3H3;2*4-7,9H,1-3H3;12*1-2H3. The number of rotatable bonds is 6. The lowest BCUT2D eigenvalue weighted by molar-refractivity contribution is 0.381. The second kappa shape index (κ2) is 67.2. The van der Waals surface area contributed by atoms with Crippen molar-refractivity contribution in [2.45, 2.75) is 286 Å². The Kier molecular flexibility index (Phi) is 68.4. The number of aromatic nitrogens is 7. The van der Waals surface area contributed by atoms with Crippen LogP contribution in [0.2, 0.25) is 0 Å². The van der Waals surface area contributed by atoms with Gasteiger partial charge in [0.25, 0.3) is 0 Å². The minimum Gasteiger partial charge on any atom is -0.359 e. The Labute approximate surface area is 665 Å². The van der Waals surface area contributed by atoms with Crippen molar-refractivity contribution in [1.82, 2.24) is 64.3 Å². The third-order valence-electron chi connectivity index (χ3n) is 16.2. The lowest BCUT2D eigenvalue weighted by atomic mass is 10.2. The average Bonchev–Trinajstić information content (AvgIpc) is 1.71. The van der Waals surface area contributed by atoms with Crippen LogP contribution in [0.3, 0.4) is 0 Å². The van der Waals surface area contributed by atoms with Crippen molar-refractivity contribution in [3.8, 4) is 0 Å². The van der Waals surface area contributed by atoms with Gasteiger partial charge in [-0.2, -0.15) is 0 Å². The zero-order valence-electron chi connectivity index (χ0n) is 76.7. The van der Waals surface area contributed by atoms with Crippen molar-refractivity contribution < 1.29 is 0 Å². The Morgan fingerprint density at radius 1 is 0.231 bits per heavy atom. The average molecular weight is 1500 g/mol. The van der Waals surface area contributed by atoms with E-state index < -0.39 is 0 Å². The second-order valence-electron chi connectivity index (χ2n) is 21.8. The molecule has 0 amide bonds. The van der Waals surface area contributed by atoms with E-state index in [4.69, 9.17) is 0 Å². The number of pyridine rings is 3. The van der Waals surface area contributed by atoms with Crippen LogP contribution in [0.1, 0.15) is 241 Å². The highest BCUT2D eigenvalue weighted by atomic mass is 15.4. The molecule has 0 spiro atoms. The first-order chi connectivity index (χ1) is 52.2. The minimum absolute atomic E-state index is 0.323. The van der Waals surface area contributed by atoms with Crippen LogP contribution in [0.15, 0.2) is 179 Å². The molecule has 19 heteroatoms. The summed E-state index contributed by atoms with van der Waals surface area (Å²) in [5.41, 5.74) is 12.9. The van der Waals surface area contributed by atoms with Crippen molar-refractivity contribution in [1.29, 1.82) is 0 Å². The fourth-order valence-corrected chi connectivity index (χ4v) is 9.77. The first kappa shape index (κ1) is 110. The molecular formula is C89H161N19. The Morgan fingerprint density at radius 2 is 0.519 bits per heavy atom. The minimum atomic E-state index is 0.323. The summed E-state index contributed by atoms with van der Waals surface area (Å²) in [4.78, 5) is 55.3. The molecule has 0 fully saturated rings. The van der Waals surface area contributed by atoms with E-state index in [2.05, 4.69) is 297 Å². The van der Waals surface area contributed by atoms with Crippen molar-refractivity contribution in [2.75, 3.05) is 71.7 Å². The SMILES string of the molecule is CC.CC.CC.CC.CC.CC.CC.CC.CC.CC.CC.CC.Cc1ccccc1N1C=CN(C)C1C.Cc1ccncc1N1C=CN(C)C1C.Cc1cnccc1N1C=CN(C)C1C.Cc1cncnc1N1C=CN(C)C1C.Cc1ncccc1N1C=CN(C)C1C.Cc1ncncc1N1C=CN(C)C1C. The quantitative estimate of drug-likeness (QED) is 0.157. The zero-order chi connectivity index (χ0) is 84.8. The fraction of sp³-hybridized carbons (Fsp3) is 0.539. The predicted molar refractivity (Wildman–Crippen MR) is 481 cm³/mol. The van der Waals surface area contributed by atoms with E-state index in [9.17, 15) is 0 Å². The van der Waals surface area contributed by atoms with Gasteiger partial charge >= 0.3 is 0 Å². The third-order valence-corrected chi connectivity index (χ3v) is 16.2. The molecule has 0 bridgehead atoms. The molecule has 108 heavy (non-hydrogen) atoms. The summed E-state index contributed by atoms with van der Waals surface area (Å²) in [6, 6.07) is 16.6. The van der Waals surface area contributed by atoms with Crippen LogP contribution in [-0.4, -0.2) is 144 Å². The molecule has 612 valence electrons. The molecule has 1 aromatic carbocycles. The van der Waals surface area contributed by atoms with Gasteiger partial charge in [0.05, 0.1) is 40.8 Å². The van der Waals surface area contributed by atoms with E-state index >= 15 is 0 Å². The Bertz CT molecular complexity index is 2720. The number of benzene rings is 1. The molecule has 0 aliphatic carbocycles. The summed E-state index contributed by atoms with van der Waals surface area (Å²) in [7, 11) is 12.4. The largest absolute Gasteiger partial charge is 0.359 e. The number of hydrogen-bond donors (Lipinski definition) is 0. The summed E-state index contributed by atoms with van der Waals surface area (Å²) in [5.74, 6) is 0.980. The van der Waals surface area contributed by atoms with Crippen LogP contribution >= 0.6 is 0 Å². The Balaban J connectivity index is -0.000000273. The summed E-state index contributed by atoms with van der Waals surface area (Å²) in [6.07, 6.45) is 43.3. The molecule has 6 unspecified atom stereocenters. The molecule has 5 aromatic heterocycles.